The molecular formula is C23H24BrN3O4. The fourth-order valence-corrected chi connectivity index (χ4v) is 4.07. The van der Waals surface area contributed by atoms with Gasteiger partial charge in [-0.25, -0.2) is 9.78 Å². The van der Waals surface area contributed by atoms with E-state index in [9.17, 15) is 9.59 Å². The number of benzene rings is 2. The topological polar surface area (TPSA) is 84.7 Å². The predicted octanol–water partition coefficient (Wildman–Crippen LogP) is 5.12. The summed E-state index contributed by atoms with van der Waals surface area (Å²) in [5.41, 5.74) is 2.73. The minimum Gasteiger partial charge on any atom is -0.449 e. The maximum atomic E-state index is 12.7. The molecule has 2 aromatic carbocycles. The summed E-state index contributed by atoms with van der Waals surface area (Å²) < 4.78 is 11.5. The van der Waals surface area contributed by atoms with Crippen LogP contribution in [0.2, 0.25) is 0 Å². The number of likely N-dealkylation sites (tertiary alicyclic amines) is 1. The van der Waals surface area contributed by atoms with Crippen LogP contribution < -0.4 is 5.32 Å². The van der Waals surface area contributed by atoms with Crippen LogP contribution in [0.3, 0.4) is 0 Å². The van der Waals surface area contributed by atoms with Crippen molar-refractivity contribution in [3.05, 3.63) is 58.9 Å². The van der Waals surface area contributed by atoms with E-state index in [-0.39, 0.29) is 11.7 Å². The molecule has 0 unspecified atom stereocenters. The lowest BCUT2D eigenvalue weighted by molar-refractivity contribution is 0.0830. The fourth-order valence-electron chi connectivity index (χ4n) is 3.81. The highest BCUT2D eigenvalue weighted by molar-refractivity contribution is 9.10. The number of Topliss-reactive ketones (excluding diaryl/α,β-unsaturated/α-hetero) is 1. The third-order valence-corrected chi connectivity index (χ3v) is 6.05. The number of fused-ring (bicyclic) bond motifs is 1. The molecule has 1 saturated heterocycles. The van der Waals surface area contributed by atoms with Gasteiger partial charge in [0.25, 0.3) is 0 Å². The summed E-state index contributed by atoms with van der Waals surface area (Å²) >= 11 is 3.40. The summed E-state index contributed by atoms with van der Waals surface area (Å²) in [5, 5.41) is 2.70. The summed E-state index contributed by atoms with van der Waals surface area (Å²) in [5.74, 6) is 0.317. The SMILES string of the molecule is O=C(Nc1ccc2ncoc2c1)OCCCN1CCC(C(=O)c2ccc(Br)cc2)CC1. The molecule has 1 aliphatic rings. The Morgan fingerprint density at radius 2 is 1.94 bits per heavy atom. The van der Waals surface area contributed by atoms with Gasteiger partial charge in [0.2, 0.25) is 0 Å². The lowest BCUT2D eigenvalue weighted by atomic mass is 9.89. The molecule has 7 nitrogen and oxygen atoms in total. The first kappa shape index (κ1) is 21.5. The number of ketones is 1. The van der Waals surface area contributed by atoms with Crippen LogP contribution in [0, 0.1) is 5.92 Å². The lowest BCUT2D eigenvalue weighted by Gasteiger charge is -2.31. The van der Waals surface area contributed by atoms with E-state index in [1.165, 1.54) is 6.39 Å². The van der Waals surface area contributed by atoms with Crippen LogP contribution in [0.4, 0.5) is 10.5 Å². The molecular weight excluding hydrogens is 462 g/mol. The van der Waals surface area contributed by atoms with Crippen LogP contribution in [0.15, 0.2) is 57.7 Å². The van der Waals surface area contributed by atoms with Gasteiger partial charge in [-0.1, -0.05) is 28.1 Å². The molecule has 4 rings (SSSR count). The van der Waals surface area contributed by atoms with Crippen molar-refractivity contribution in [2.75, 3.05) is 31.6 Å². The van der Waals surface area contributed by atoms with Crippen LogP contribution in [0.5, 0.6) is 0 Å². The number of anilines is 1. The average molecular weight is 486 g/mol. The predicted molar refractivity (Wildman–Crippen MR) is 121 cm³/mol. The van der Waals surface area contributed by atoms with Crippen molar-refractivity contribution in [1.82, 2.24) is 9.88 Å². The molecule has 1 amide bonds. The third kappa shape index (κ3) is 5.71. The van der Waals surface area contributed by atoms with Crippen molar-refractivity contribution >= 4 is 44.6 Å². The maximum Gasteiger partial charge on any atom is 0.411 e. The highest BCUT2D eigenvalue weighted by Gasteiger charge is 2.25. The van der Waals surface area contributed by atoms with E-state index in [0.29, 0.717) is 17.9 Å². The third-order valence-electron chi connectivity index (χ3n) is 5.52. The number of hydrogen-bond acceptors (Lipinski definition) is 6. The highest BCUT2D eigenvalue weighted by atomic mass is 79.9. The molecule has 0 radical (unpaired) electrons. The minimum atomic E-state index is -0.488. The van der Waals surface area contributed by atoms with Gasteiger partial charge >= 0.3 is 6.09 Å². The number of piperidine rings is 1. The average Bonchev–Trinajstić information content (AvgIpc) is 3.25. The van der Waals surface area contributed by atoms with Gasteiger partial charge in [0.05, 0.1) is 6.61 Å². The molecule has 8 heteroatoms. The first-order valence-electron chi connectivity index (χ1n) is 10.4. The summed E-state index contributed by atoms with van der Waals surface area (Å²) in [6, 6.07) is 12.8. The van der Waals surface area contributed by atoms with Gasteiger partial charge in [0.15, 0.2) is 17.8 Å². The number of carbonyl (C=O) groups excluding carboxylic acids is 2. The van der Waals surface area contributed by atoms with Crippen LogP contribution >= 0.6 is 15.9 Å². The number of amides is 1. The number of oxazole rings is 1. The van der Waals surface area contributed by atoms with Crippen molar-refractivity contribution in [3.8, 4) is 0 Å². The summed E-state index contributed by atoms with van der Waals surface area (Å²) in [7, 11) is 0. The molecule has 3 aromatic rings. The second kappa shape index (κ2) is 10.1. The zero-order chi connectivity index (χ0) is 21.6. The van der Waals surface area contributed by atoms with Gasteiger partial charge in [0, 0.05) is 34.3 Å². The smallest absolute Gasteiger partial charge is 0.411 e. The second-order valence-corrected chi connectivity index (χ2v) is 8.55. The molecule has 1 aliphatic heterocycles. The van der Waals surface area contributed by atoms with Crippen molar-refractivity contribution in [1.29, 1.82) is 0 Å². The monoisotopic (exact) mass is 485 g/mol. The molecule has 0 saturated carbocycles. The summed E-state index contributed by atoms with van der Waals surface area (Å²) in [4.78, 5) is 31.0. The molecule has 1 N–H and O–H groups in total. The number of hydrogen-bond donors (Lipinski definition) is 1. The number of nitrogens with one attached hydrogen (secondary N) is 1. The molecule has 0 spiro atoms. The Hall–Kier alpha value is -2.71. The van der Waals surface area contributed by atoms with Gasteiger partial charge in [-0.05, 0) is 56.6 Å². The normalized spacial score (nSPS) is 15.1. The first-order valence-corrected chi connectivity index (χ1v) is 11.2. The number of carbonyl (C=O) groups is 2. The zero-order valence-electron chi connectivity index (χ0n) is 17.1. The Labute approximate surface area is 188 Å². The van der Waals surface area contributed by atoms with Crippen LogP contribution in [0.1, 0.15) is 29.6 Å². The Morgan fingerprint density at radius 1 is 1.16 bits per heavy atom. The molecule has 162 valence electrons. The molecule has 0 atom stereocenters. The molecule has 1 aromatic heterocycles. The van der Waals surface area contributed by atoms with Crippen LogP contribution in [-0.4, -0.2) is 48.0 Å². The van der Waals surface area contributed by atoms with E-state index in [4.69, 9.17) is 9.15 Å². The van der Waals surface area contributed by atoms with Crippen molar-refractivity contribution < 1.29 is 18.7 Å². The van der Waals surface area contributed by atoms with Gasteiger partial charge in [-0.15, -0.1) is 0 Å². The Balaban J connectivity index is 1.13. The lowest BCUT2D eigenvalue weighted by Crippen LogP contribution is -2.37. The highest BCUT2D eigenvalue weighted by Crippen LogP contribution is 2.23. The molecule has 31 heavy (non-hydrogen) atoms. The molecule has 1 fully saturated rings. The largest absolute Gasteiger partial charge is 0.449 e. The van der Waals surface area contributed by atoms with E-state index >= 15 is 0 Å². The van der Waals surface area contributed by atoms with Gasteiger partial charge in [-0.3, -0.25) is 10.1 Å². The minimum absolute atomic E-state index is 0.0844. The number of ether oxygens (including phenoxy) is 1. The molecule has 2 heterocycles. The number of halogens is 1. The van der Waals surface area contributed by atoms with E-state index in [0.717, 1.165) is 54.4 Å². The Kier molecular flexibility index (Phi) is 6.99. The zero-order valence-corrected chi connectivity index (χ0v) is 18.6. The number of nitrogens with zero attached hydrogens (tertiary/aromatic N) is 2. The standard InChI is InChI=1S/C23H24BrN3O4/c24-18-4-2-16(3-5-18)22(28)17-8-11-27(12-9-17)10-1-13-30-23(29)26-19-6-7-20-21(14-19)31-15-25-20/h2-7,14-15,17H,1,8-13H2,(H,26,29). The number of aromatic nitrogens is 1. The van der Waals surface area contributed by atoms with E-state index < -0.39 is 6.09 Å². The van der Waals surface area contributed by atoms with Crippen molar-refractivity contribution in [2.45, 2.75) is 19.3 Å². The quantitative estimate of drug-likeness (QED) is 0.369. The Morgan fingerprint density at radius 3 is 2.71 bits per heavy atom. The maximum absolute atomic E-state index is 12.7. The van der Waals surface area contributed by atoms with Gasteiger partial charge in [0.1, 0.15) is 5.52 Å². The Bertz CT molecular complexity index is 1040. The summed E-state index contributed by atoms with van der Waals surface area (Å²) in [6.45, 7) is 2.96. The number of rotatable bonds is 7. The van der Waals surface area contributed by atoms with Crippen LogP contribution in [0.25, 0.3) is 11.1 Å². The van der Waals surface area contributed by atoms with Gasteiger partial charge in [-0.2, -0.15) is 0 Å². The first-order chi connectivity index (χ1) is 15.1. The van der Waals surface area contributed by atoms with E-state index in [1.807, 2.05) is 24.3 Å². The van der Waals surface area contributed by atoms with E-state index in [2.05, 4.69) is 31.1 Å². The van der Waals surface area contributed by atoms with Crippen molar-refractivity contribution in [3.63, 3.8) is 0 Å². The fraction of sp³-hybridized carbons (Fsp3) is 0.348. The van der Waals surface area contributed by atoms with E-state index in [1.54, 1.807) is 18.2 Å². The van der Waals surface area contributed by atoms with Crippen LogP contribution in [-0.2, 0) is 4.74 Å². The molecule has 0 bridgehead atoms. The van der Waals surface area contributed by atoms with Crippen molar-refractivity contribution in [2.24, 2.45) is 5.92 Å². The van der Waals surface area contributed by atoms with Gasteiger partial charge < -0.3 is 14.1 Å². The second-order valence-electron chi connectivity index (χ2n) is 7.64. The summed E-state index contributed by atoms with van der Waals surface area (Å²) in [6.07, 6.45) is 3.35. The molecule has 0 aliphatic carbocycles.